The van der Waals surface area contributed by atoms with E-state index in [9.17, 15) is 44.6 Å². The van der Waals surface area contributed by atoms with Gasteiger partial charge >= 0.3 is 19.8 Å². The molecule has 13 nitrogen and oxygen atoms in total. The van der Waals surface area contributed by atoms with Gasteiger partial charge < -0.3 is 39.9 Å². The third kappa shape index (κ3) is 25.0. The van der Waals surface area contributed by atoms with Crippen LogP contribution in [0.25, 0.3) is 0 Å². The Morgan fingerprint density at radius 3 is 1.61 bits per heavy atom. The number of hydrogen-bond donors (Lipinski definition) is 6. The number of aliphatic hydroxyl groups is 5. The van der Waals surface area contributed by atoms with Crippen molar-refractivity contribution in [3.8, 4) is 0 Å². The van der Waals surface area contributed by atoms with Crippen molar-refractivity contribution in [3.63, 3.8) is 0 Å². The molecular weight excluding hydrogens is 743 g/mol. The van der Waals surface area contributed by atoms with E-state index in [2.05, 4.69) is 74.6 Å². The van der Waals surface area contributed by atoms with Crippen LogP contribution >= 0.6 is 7.82 Å². The number of hydrogen-bond acceptors (Lipinski definition) is 12. The Balaban J connectivity index is 2.56. The molecule has 0 saturated heterocycles. The van der Waals surface area contributed by atoms with Gasteiger partial charge in [-0.2, -0.15) is 0 Å². The number of rotatable bonds is 32. The summed E-state index contributed by atoms with van der Waals surface area (Å²) in [5, 5.41) is 50.0. The number of unbranched alkanes of at least 4 members (excludes halogenated alkanes) is 10. The van der Waals surface area contributed by atoms with Gasteiger partial charge in [-0.3, -0.25) is 18.6 Å². The van der Waals surface area contributed by atoms with E-state index in [1.165, 1.54) is 19.3 Å². The average molecular weight is 815 g/mol. The number of phosphoric ester groups is 1. The third-order valence-corrected chi connectivity index (χ3v) is 10.1. The number of ether oxygens (including phenoxy) is 2. The van der Waals surface area contributed by atoms with Crippen molar-refractivity contribution < 1.29 is 63.1 Å². The second-order valence-corrected chi connectivity index (χ2v) is 15.5. The molecule has 1 fully saturated rings. The molecule has 0 amide bonds. The number of phosphoric acid groups is 1. The molecule has 1 aliphatic rings. The van der Waals surface area contributed by atoms with Crippen LogP contribution in [0.3, 0.4) is 0 Å². The van der Waals surface area contributed by atoms with Gasteiger partial charge in [0.2, 0.25) is 0 Å². The molecule has 0 aromatic rings. The van der Waals surface area contributed by atoms with Crippen molar-refractivity contribution >= 4 is 19.8 Å². The smallest absolute Gasteiger partial charge is 0.462 e. The summed E-state index contributed by atoms with van der Waals surface area (Å²) in [4.78, 5) is 35.5. The van der Waals surface area contributed by atoms with Crippen LogP contribution in [0.2, 0.25) is 0 Å². The molecule has 6 unspecified atom stereocenters. The zero-order valence-corrected chi connectivity index (χ0v) is 34.5. The lowest BCUT2D eigenvalue weighted by molar-refractivity contribution is -0.220. The van der Waals surface area contributed by atoms with Crippen LogP contribution in [0.4, 0.5) is 0 Å². The zero-order valence-electron chi connectivity index (χ0n) is 33.7. The molecule has 0 heterocycles. The molecule has 0 bridgehead atoms. The summed E-state index contributed by atoms with van der Waals surface area (Å²) in [6, 6.07) is 0. The molecule has 0 aromatic heterocycles. The summed E-state index contributed by atoms with van der Waals surface area (Å²) in [5.74, 6) is -1.17. The third-order valence-electron chi connectivity index (χ3n) is 9.09. The first kappa shape index (κ1) is 51.6. The summed E-state index contributed by atoms with van der Waals surface area (Å²) in [6.07, 6.45) is 24.4. The summed E-state index contributed by atoms with van der Waals surface area (Å²) >= 11 is 0. The number of aliphatic hydroxyl groups excluding tert-OH is 5. The fourth-order valence-corrected chi connectivity index (χ4v) is 6.71. The van der Waals surface area contributed by atoms with Gasteiger partial charge in [0.1, 0.15) is 43.2 Å². The molecule has 6 N–H and O–H groups in total. The Morgan fingerprint density at radius 2 is 1.02 bits per heavy atom. The Hall–Kier alpha value is -2.45. The number of esters is 2. The molecule has 322 valence electrons. The second kappa shape index (κ2) is 32.5. The van der Waals surface area contributed by atoms with Crippen molar-refractivity contribution in [2.45, 2.75) is 179 Å². The monoisotopic (exact) mass is 814 g/mol. The van der Waals surface area contributed by atoms with Crippen molar-refractivity contribution in [1.29, 1.82) is 0 Å². The van der Waals surface area contributed by atoms with Crippen LogP contribution in [0, 0.1) is 0 Å². The van der Waals surface area contributed by atoms with E-state index >= 15 is 0 Å². The number of allylic oxidation sites excluding steroid dienone is 10. The highest BCUT2D eigenvalue weighted by atomic mass is 31.2. The molecular formula is C42H71O13P. The van der Waals surface area contributed by atoms with Crippen LogP contribution in [0.5, 0.6) is 0 Å². The van der Waals surface area contributed by atoms with Crippen molar-refractivity contribution in [2.24, 2.45) is 0 Å². The lowest BCUT2D eigenvalue weighted by Gasteiger charge is -2.41. The first-order valence-corrected chi connectivity index (χ1v) is 22.1. The standard InChI is InChI=1S/C42H71O13P/c1-3-5-7-9-11-13-15-17-18-19-21-22-24-26-28-30-35(43)52-32-34(54-36(44)31-29-27-25-23-20-16-14-12-10-8-6-4-2)33-53-56(50,51)55-42-40(48)38(46)37(45)39(47)41(42)49/h5,7,11-14,17-18,21-22,34,37-42,45-49H,3-4,6,8-10,15-16,19-20,23-33H2,1-2H3,(H,50,51)/b7-5-,13-11-,14-12-,18-17-,22-21-/t34-,37?,38-,39?,40?,41?,42?/m1/s1. The number of carbonyl (C=O) groups excluding carboxylic acids is 2. The highest BCUT2D eigenvalue weighted by molar-refractivity contribution is 7.47. The molecule has 8 atom stereocenters. The first-order valence-electron chi connectivity index (χ1n) is 20.6. The van der Waals surface area contributed by atoms with E-state index in [4.69, 9.17) is 18.5 Å². The molecule has 0 aromatic carbocycles. The van der Waals surface area contributed by atoms with E-state index < -0.39 is 75.7 Å². The minimum atomic E-state index is -5.13. The Bertz CT molecular complexity index is 1220. The second-order valence-electron chi connectivity index (χ2n) is 14.1. The Morgan fingerprint density at radius 1 is 0.571 bits per heavy atom. The normalized spacial score (nSPS) is 23.5. The minimum Gasteiger partial charge on any atom is -0.462 e. The SMILES string of the molecule is CC/C=C\C/C=C\C/C=C\C/C=C\CCCCC(=O)OC[C@H](COP(=O)(O)OC1C(O)C(O)C(O)[C@@H](O)C1O)OC(=O)CCCCCCC/C=C\CCCCC. The maximum Gasteiger partial charge on any atom is 0.472 e. The summed E-state index contributed by atoms with van der Waals surface area (Å²) in [6.45, 7) is 3.08. The molecule has 0 spiro atoms. The molecule has 14 heteroatoms. The van der Waals surface area contributed by atoms with Gasteiger partial charge in [-0.1, -0.05) is 107 Å². The van der Waals surface area contributed by atoms with Crippen LogP contribution in [0.1, 0.15) is 136 Å². The van der Waals surface area contributed by atoms with Gasteiger partial charge in [0.15, 0.2) is 6.10 Å². The lowest BCUT2D eigenvalue weighted by Crippen LogP contribution is -2.64. The predicted molar refractivity (Wildman–Crippen MR) is 216 cm³/mol. The van der Waals surface area contributed by atoms with Crippen LogP contribution in [-0.4, -0.2) is 98.3 Å². The van der Waals surface area contributed by atoms with Gasteiger partial charge in [0.05, 0.1) is 6.61 Å². The van der Waals surface area contributed by atoms with E-state index in [0.717, 1.165) is 77.0 Å². The Labute approximate surface area is 334 Å². The quantitative estimate of drug-likeness (QED) is 0.0175. The molecule has 1 saturated carbocycles. The largest absolute Gasteiger partial charge is 0.472 e. The first-order chi connectivity index (χ1) is 26.9. The minimum absolute atomic E-state index is 0.0743. The molecule has 0 aliphatic heterocycles. The summed E-state index contributed by atoms with van der Waals surface area (Å²) in [7, 11) is -5.13. The van der Waals surface area contributed by atoms with Crippen molar-refractivity contribution in [2.75, 3.05) is 13.2 Å². The van der Waals surface area contributed by atoms with E-state index in [1.54, 1.807) is 0 Å². The average Bonchev–Trinajstić information content (AvgIpc) is 3.18. The summed E-state index contributed by atoms with van der Waals surface area (Å²) < 4.78 is 33.3. The fraction of sp³-hybridized carbons (Fsp3) is 0.714. The fourth-order valence-electron chi connectivity index (χ4n) is 5.74. The molecule has 0 radical (unpaired) electrons. The van der Waals surface area contributed by atoms with Crippen molar-refractivity contribution in [1.82, 2.24) is 0 Å². The van der Waals surface area contributed by atoms with Gasteiger partial charge in [-0.25, -0.2) is 4.57 Å². The molecule has 1 aliphatic carbocycles. The highest BCUT2D eigenvalue weighted by Crippen LogP contribution is 2.47. The van der Waals surface area contributed by atoms with E-state index in [1.807, 2.05) is 0 Å². The topological polar surface area (TPSA) is 210 Å². The van der Waals surface area contributed by atoms with Gasteiger partial charge in [-0.05, 0) is 77.0 Å². The highest BCUT2D eigenvalue weighted by Gasteiger charge is 2.51. The maximum absolute atomic E-state index is 12.8. The van der Waals surface area contributed by atoms with E-state index in [-0.39, 0.29) is 12.8 Å². The van der Waals surface area contributed by atoms with Gasteiger partial charge in [0, 0.05) is 12.8 Å². The van der Waals surface area contributed by atoms with Crippen LogP contribution in [0.15, 0.2) is 60.8 Å². The summed E-state index contributed by atoms with van der Waals surface area (Å²) in [5.41, 5.74) is 0. The zero-order chi connectivity index (χ0) is 41.4. The maximum atomic E-state index is 12.8. The van der Waals surface area contributed by atoms with Crippen molar-refractivity contribution in [3.05, 3.63) is 60.8 Å². The van der Waals surface area contributed by atoms with Gasteiger partial charge in [-0.15, -0.1) is 0 Å². The number of carbonyl (C=O) groups is 2. The Kier molecular flexibility index (Phi) is 29.9. The lowest BCUT2D eigenvalue weighted by atomic mass is 9.85. The van der Waals surface area contributed by atoms with Crippen LogP contribution < -0.4 is 0 Å². The van der Waals surface area contributed by atoms with E-state index in [0.29, 0.717) is 12.8 Å². The van der Waals surface area contributed by atoms with Crippen LogP contribution in [-0.2, 0) is 32.7 Å². The predicted octanol–water partition coefficient (Wildman–Crippen LogP) is 6.99. The van der Waals surface area contributed by atoms with Gasteiger partial charge in [0.25, 0.3) is 0 Å². The molecule has 56 heavy (non-hydrogen) atoms. The molecule has 1 rings (SSSR count).